The van der Waals surface area contributed by atoms with Crippen LogP contribution in [-0.2, 0) is 11.2 Å². The smallest absolute Gasteiger partial charge is 0.0946 e. The van der Waals surface area contributed by atoms with E-state index < -0.39 is 11.2 Å². The van der Waals surface area contributed by atoms with Crippen molar-refractivity contribution in [1.82, 2.24) is 0 Å². The van der Waals surface area contributed by atoms with Gasteiger partial charge in [0.05, 0.1) is 39.2 Å². The molecular formula is C15H37NO2S. The zero-order valence-electron chi connectivity index (χ0n) is 14.1. The van der Waals surface area contributed by atoms with Gasteiger partial charge in [0.2, 0.25) is 0 Å². The Morgan fingerprint density at radius 1 is 0.789 bits per heavy atom. The van der Waals surface area contributed by atoms with Crippen LogP contribution in [0.4, 0.5) is 0 Å². The van der Waals surface area contributed by atoms with Crippen LogP contribution < -0.4 is 0 Å². The molecular weight excluding hydrogens is 258 g/mol. The lowest BCUT2D eigenvalue weighted by molar-refractivity contribution is -0.910. The zero-order valence-corrected chi connectivity index (χ0v) is 14.9. The quantitative estimate of drug-likeness (QED) is 0.481. The molecule has 0 fully saturated rings. The minimum Gasteiger partial charge on any atom is -0.870 e. The Morgan fingerprint density at radius 3 is 1.16 bits per heavy atom. The number of unbranched alkanes of at least 4 members (excludes halogenated alkanes) is 3. The maximum Gasteiger partial charge on any atom is 0.0946 e. The third-order valence-corrected chi connectivity index (χ3v) is 3.15. The minimum atomic E-state index is -0.611. The average Bonchev–Trinajstić information content (AvgIpc) is 2.31. The topological polar surface area (TPSA) is 53.1 Å². The lowest BCUT2D eigenvalue weighted by Crippen LogP contribution is -2.46. The lowest BCUT2D eigenvalue weighted by Gasteiger charge is -2.34. The number of hydrogen-bond donors (Lipinski definition) is 0. The van der Waals surface area contributed by atoms with Crippen molar-refractivity contribution in [3.05, 3.63) is 0 Å². The van der Waals surface area contributed by atoms with E-state index in [1.54, 1.807) is 12.5 Å². The first kappa shape index (κ1) is 24.3. The van der Waals surface area contributed by atoms with E-state index in [2.05, 4.69) is 27.8 Å². The molecule has 0 aromatic heterocycles. The van der Waals surface area contributed by atoms with Crippen molar-refractivity contribution in [2.45, 2.75) is 59.3 Å². The fraction of sp³-hybridized carbons (Fsp3) is 1.00. The van der Waals surface area contributed by atoms with Gasteiger partial charge in [-0.05, 0) is 19.3 Å². The second kappa shape index (κ2) is 16.3. The van der Waals surface area contributed by atoms with Gasteiger partial charge in [0.25, 0.3) is 0 Å². The molecule has 0 aromatic rings. The molecule has 0 spiro atoms. The molecule has 0 aliphatic heterocycles. The molecule has 0 unspecified atom stereocenters. The van der Waals surface area contributed by atoms with Crippen LogP contribution >= 0.6 is 0 Å². The Kier molecular flexibility index (Phi) is 20.8. The van der Waals surface area contributed by atoms with Crippen LogP contribution in [0.15, 0.2) is 0 Å². The summed E-state index contributed by atoms with van der Waals surface area (Å²) in [5.74, 6) is 0. The van der Waals surface area contributed by atoms with Gasteiger partial charge >= 0.3 is 0 Å². The Balaban J connectivity index is -0.000000448. The summed E-state index contributed by atoms with van der Waals surface area (Å²) in [7, 11) is 2.45. The van der Waals surface area contributed by atoms with Gasteiger partial charge in [0.1, 0.15) is 0 Å². The fourth-order valence-electron chi connectivity index (χ4n) is 1.95. The third kappa shape index (κ3) is 20.7. The van der Waals surface area contributed by atoms with E-state index in [-0.39, 0.29) is 5.48 Å². The molecule has 0 rings (SSSR count). The third-order valence-electron chi connectivity index (χ3n) is 3.15. The van der Waals surface area contributed by atoms with Crippen molar-refractivity contribution in [2.24, 2.45) is 0 Å². The van der Waals surface area contributed by atoms with Crippen LogP contribution in [0.2, 0.25) is 0 Å². The molecule has 120 valence electrons. The molecule has 0 radical (unpaired) electrons. The standard InChI is InChI=1S/C13H30N.C2H6OS.H2O/c1-5-8-11-14(4,12-9-6-2)13-10-7-3;1-4(2)3;/h5-13H2,1-4H3;1-2H3;1H2/q+1;;/p-1. The van der Waals surface area contributed by atoms with E-state index >= 15 is 0 Å². The number of nitrogens with zero attached hydrogens (tertiary/aromatic N) is 1. The molecule has 1 N–H and O–H groups in total. The van der Waals surface area contributed by atoms with E-state index in [1.165, 1.54) is 62.6 Å². The molecule has 0 saturated carbocycles. The predicted molar refractivity (Wildman–Crippen MR) is 87.4 cm³/mol. The Morgan fingerprint density at radius 2 is 1.00 bits per heavy atom. The Bertz CT molecular complexity index is 142. The van der Waals surface area contributed by atoms with E-state index in [4.69, 9.17) is 0 Å². The summed E-state index contributed by atoms with van der Waals surface area (Å²) >= 11 is -0.611. The predicted octanol–water partition coefficient (Wildman–Crippen LogP) is 3.65. The first-order valence-corrected chi connectivity index (χ1v) is 9.47. The van der Waals surface area contributed by atoms with Gasteiger partial charge in [-0.25, -0.2) is 0 Å². The highest BCUT2D eigenvalue weighted by Gasteiger charge is 2.18. The molecule has 0 aromatic carbocycles. The van der Waals surface area contributed by atoms with Gasteiger partial charge in [0, 0.05) is 0 Å². The summed E-state index contributed by atoms with van der Waals surface area (Å²) in [5.41, 5.74) is 0. The van der Waals surface area contributed by atoms with Crippen molar-refractivity contribution in [3.63, 3.8) is 0 Å². The molecule has 3 nitrogen and oxygen atoms in total. The van der Waals surface area contributed by atoms with Crippen molar-refractivity contribution < 1.29 is 14.5 Å². The van der Waals surface area contributed by atoms with Gasteiger partial charge in [-0.2, -0.15) is 0 Å². The van der Waals surface area contributed by atoms with Gasteiger partial charge in [-0.3, -0.25) is 0 Å². The summed E-state index contributed by atoms with van der Waals surface area (Å²) in [6, 6.07) is 0. The van der Waals surface area contributed by atoms with Crippen LogP contribution in [-0.4, -0.2) is 53.7 Å². The first-order chi connectivity index (χ1) is 8.41. The number of quaternary nitrogens is 1. The molecule has 0 bridgehead atoms. The molecule has 19 heavy (non-hydrogen) atoms. The molecule has 0 heterocycles. The van der Waals surface area contributed by atoms with Crippen LogP contribution in [0.5, 0.6) is 0 Å². The summed E-state index contributed by atoms with van der Waals surface area (Å²) in [5, 5.41) is 0. The first-order valence-electron chi connectivity index (χ1n) is 7.50. The van der Waals surface area contributed by atoms with Gasteiger partial charge in [-0.15, -0.1) is 0 Å². The normalized spacial score (nSPS) is 10.7. The Hall–Kier alpha value is 0.230. The Labute approximate surface area is 124 Å². The molecule has 0 aliphatic rings. The maximum atomic E-state index is 9.56. The summed E-state index contributed by atoms with van der Waals surface area (Å²) in [4.78, 5) is 0. The highest BCUT2D eigenvalue weighted by Crippen LogP contribution is 2.10. The van der Waals surface area contributed by atoms with Crippen molar-refractivity contribution in [1.29, 1.82) is 0 Å². The molecule has 0 saturated heterocycles. The van der Waals surface area contributed by atoms with Crippen LogP contribution in [0, 0.1) is 0 Å². The molecule has 0 amide bonds. The van der Waals surface area contributed by atoms with Crippen molar-refractivity contribution in [2.75, 3.05) is 39.2 Å². The minimum absolute atomic E-state index is 0. The van der Waals surface area contributed by atoms with Gasteiger partial charge in [0.15, 0.2) is 0 Å². The second-order valence-corrected chi connectivity index (χ2v) is 7.08. The monoisotopic (exact) mass is 295 g/mol. The number of rotatable bonds is 9. The van der Waals surface area contributed by atoms with E-state index in [0.29, 0.717) is 0 Å². The fourth-order valence-corrected chi connectivity index (χ4v) is 1.95. The summed E-state index contributed by atoms with van der Waals surface area (Å²) in [6.07, 6.45) is 11.5. The number of hydrogen-bond acceptors (Lipinski definition) is 2. The highest BCUT2D eigenvalue weighted by molar-refractivity contribution is 7.89. The SMILES string of the molecule is CCCC[N+](C)(CCCC)CCCC.C[S+](C)[O-].[OH-]. The maximum absolute atomic E-state index is 9.56. The van der Waals surface area contributed by atoms with Gasteiger partial charge in [-0.1, -0.05) is 51.2 Å². The second-order valence-electron chi connectivity index (χ2n) is 5.59. The largest absolute Gasteiger partial charge is 0.870 e. The average molecular weight is 296 g/mol. The van der Waals surface area contributed by atoms with Crippen LogP contribution in [0.1, 0.15) is 59.3 Å². The van der Waals surface area contributed by atoms with E-state index in [0.717, 1.165) is 0 Å². The lowest BCUT2D eigenvalue weighted by atomic mass is 10.2. The summed E-state index contributed by atoms with van der Waals surface area (Å²) < 4.78 is 10.9. The zero-order chi connectivity index (χ0) is 14.4. The van der Waals surface area contributed by atoms with Crippen LogP contribution in [0.3, 0.4) is 0 Å². The molecule has 4 heteroatoms. The van der Waals surface area contributed by atoms with Crippen LogP contribution in [0.25, 0.3) is 0 Å². The highest BCUT2D eigenvalue weighted by atomic mass is 32.2. The summed E-state index contributed by atoms with van der Waals surface area (Å²) in [6.45, 7) is 11.0. The molecule has 0 atom stereocenters. The van der Waals surface area contributed by atoms with Gasteiger partial charge < -0.3 is 14.5 Å². The van der Waals surface area contributed by atoms with E-state index in [9.17, 15) is 4.55 Å². The van der Waals surface area contributed by atoms with E-state index in [1.807, 2.05) is 0 Å². The molecule has 0 aliphatic carbocycles. The van der Waals surface area contributed by atoms with Crippen molar-refractivity contribution in [3.8, 4) is 0 Å². The van der Waals surface area contributed by atoms with Crippen molar-refractivity contribution >= 4 is 11.2 Å².